The number of benzene rings is 1. The van der Waals surface area contributed by atoms with E-state index in [1.165, 1.54) is 5.56 Å². The lowest BCUT2D eigenvalue weighted by Crippen LogP contribution is -2.08. The van der Waals surface area contributed by atoms with Crippen LogP contribution in [0.25, 0.3) is 0 Å². The van der Waals surface area contributed by atoms with Gasteiger partial charge in [0.1, 0.15) is 12.4 Å². The van der Waals surface area contributed by atoms with Crippen LogP contribution in [0.5, 0.6) is 5.75 Å². The van der Waals surface area contributed by atoms with Crippen molar-refractivity contribution >= 4 is 0 Å². The molecule has 1 aromatic carbocycles. The van der Waals surface area contributed by atoms with Gasteiger partial charge in [-0.1, -0.05) is 18.2 Å². The van der Waals surface area contributed by atoms with Crippen LogP contribution in [0.3, 0.4) is 0 Å². The number of rotatable bonds is 8. The van der Waals surface area contributed by atoms with Crippen molar-refractivity contribution in [2.45, 2.75) is 19.6 Å². The first kappa shape index (κ1) is 15.5. The third kappa shape index (κ3) is 5.17. The molecule has 0 aliphatic rings. The summed E-state index contributed by atoms with van der Waals surface area (Å²) in [6, 6.07) is 14.1. The lowest BCUT2D eigenvalue weighted by Gasteiger charge is -2.08. The zero-order valence-corrected chi connectivity index (χ0v) is 12.6. The fraction of sp³-hybridized carbons (Fsp3) is 0.353. The molecular formula is C17H22N2O2. The van der Waals surface area contributed by atoms with E-state index in [-0.39, 0.29) is 0 Å². The summed E-state index contributed by atoms with van der Waals surface area (Å²) in [7, 11) is 3.63. The Labute approximate surface area is 126 Å². The summed E-state index contributed by atoms with van der Waals surface area (Å²) in [6.07, 6.45) is 0.921. The van der Waals surface area contributed by atoms with Gasteiger partial charge in [0.2, 0.25) is 0 Å². The van der Waals surface area contributed by atoms with E-state index in [9.17, 15) is 0 Å². The van der Waals surface area contributed by atoms with Crippen LogP contribution in [0.15, 0.2) is 42.5 Å². The molecule has 0 spiro atoms. The van der Waals surface area contributed by atoms with Crippen molar-refractivity contribution in [3.05, 3.63) is 59.4 Å². The summed E-state index contributed by atoms with van der Waals surface area (Å²) < 4.78 is 10.8. The normalized spacial score (nSPS) is 10.6. The van der Waals surface area contributed by atoms with Crippen LogP contribution >= 0.6 is 0 Å². The molecule has 0 unspecified atom stereocenters. The zero-order valence-electron chi connectivity index (χ0n) is 12.6. The average Bonchev–Trinajstić information content (AvgIpc) is 2.53. The summed E-state index contributed by atoms with van der Waals surface area (Å²) >= 11 is 0. The first-order valence-electron chi connectivity index (χ1n) is 7.12. The molecule has 0 radical (unpaired) electrons. The van der Waals surface area contributed by atoms with E-state index in [2.05, 4.69) is 22.4 Å². The summed E-state index contributed by atoms with van der Waals surface area (Å²) in [5.74, 6) is 0.858. The molecule has 1 aromatic heterocycles. The minimum Gasteiger partial charge on any atom is -0.487 e. The lowest BCUT2D eigenvalue weighted by atomic mass is 10.1. The molecule has 4 nitrogen and oxygen atoms in total. The van der Waals surface area contributed by atoms with Gasteiger partial charge in [-0.05, 0) is 43.3 Å². The Morgan fingerprint density at radius 3 is 2.52 bits per heavy atom. The van der Waals surface area contributed by atoms with Crippen LogP contribution in [0.4, 0.5) is 0 Å². The molecule has 0 bridgehead atoms. The van der Waals surface area contributed by atoms with Crippen LogP contribution in [0.1, 0.15) is 17.0 Å². The second-order valence-electron chi connectivity index (χ2n) is 4.83. The first-order valence-corrected chi connectivity index (χ1v) is 7.12. The van der Waals surface area contributed by atoms with Gasteiger partial charge in [-0.3, -0.25) is 4.98 Å². The van der Waals surface area contributed by atoms with E-state index < -0.39 is 0 Å². The maximum Gasteiger partial charge on any atom is 0.130 e. The summed E-state index contributed by atoms with van der Waals surface area (Å²) in [4.78, 5) is 4.53. The highest BCUT2D eigenvalue weighted by atomic mass is 16.5. The number of aromatic nitrogens is 1. The van der Waals surface area contributed by atoms with Crippen molar-refractivity contribution in [2.75, 3.05) is 20.8 Å². The fourth-order valence-corrected chi connectivity index (χ4v) is 2.02. The van der Waals surface area contributed by atoms with Crippen LogP contribution in [0.2, 0.25) is 0 Å². The maximum absolute atomic E-state index is 5.77. The number of methoxy groups -OCH3 is 1. The van der Waals surface area contributed by atoms with Crippen LogP contribution in [0, 0.1) is 0 Å². The predicted molar refractivity (Wildman–Crippen MR) is 83.4 cm³/mol. The smallest absolute Gasteiger partial charge is 0.130 e. The zero-order chi connectivity index (χ0) is 14.9. The number of hydrogen-bond acceptors (Lipinski definition) is 4. The molecule has 1 N–H and O–H groups in total. The molecule has 4 heteroatoms. The van der Waals surface area contributed by atoms with Gasteiger partial charge in [0.05, 0.1) is 18.0 Å². The Morgan fingerprint density at radius 2 is 1.81 bits per heavy atom. The van der Waals surface area contributed by atoms with Gasteiger partial charge in [0, 0.05) is 13.7 Å². The molecule has 0 aliphatic heterocycles. The van der Waals surface area contributed by atoms with Crippen molar-refractivity contribution in [1.82, 2.24) is 10.3 Å². The predicted octanol–water partition coefficient (Wildman–Crippen LogP) is 2.57. The highest BCUT2D eigenvalue weighted by Gasteiger charge is 2.00. The molecule has 0 fully saturated rings. The van der Waals surface area contributed by atoms with Gasteiger partial charge in [-0.15, -0.1) is 0 Å². The number of ether oxygens (including phenoxy) is 2. The minimum atomic E-state index is 0.481. The van der Waals surface area contributed by atoms with E-state index in [4.69, 9.17) is 9.47 Å². The Morgan fingerprint density at radius 1 is 1.05 bits per heavy atom. The van der Waals surface area contributed by atoms with E-state index in [0.29, 0.717) is 6.61 Å². The van der Waals surface area contributed by atoms with E-state index in [1.807, 2.05) is 37.4 Å². The molecule has 0 amide bonds. The first-order chi connectivity index (χ1) is 10.3. The number of nitrogens with zero attached hydrogens (tertiary/aromatic N) is 1. The van der Waals surface area contributed by atoms with Gasteiger partial charge in [0.15, 0.2) is 0 Å². The Kier molecular flexibility index (Phi) is 6.19. The third-order valence-electron chi connectivity index (χ3n) is 3.13. The number of hydrogen-bond donors (Lipinski definition) is 1. The quantitative estimate of drug-likeness (QED) is 0.810. The van der Waals surface area contributed by atoms with Crippen molar-refractivity contribution < 1.29 is 9.47 Å². The molecule has 0 saturated carbocycles. The van der Waals surface area contributed by atoms with E-state index in [1.54, 1.807) is 7.11 Å². The average molecular weight is 286 g/mol. The van der Waals surface area contributed by atoms with Crippen molar-refractivity contribution in [3.63, 3.8) is 0 Å². The van der Waals surface area contributed by atoms with Crippen LogP contribution in [-0.4, -0.2) is 25.7 Å². The summed E-state index contributed by atoms with van der Waals surface area (Å²) in [5.41, 5.74) is 3.21. The van der Waals surface area contributed by atoms with Crippen molar-refractivity contribution in [3.8, 4) is 5.75 Å². The standard InChI is InChI=1S/C17H22N2O2/c1-18-12-15-4-3-5-16(19-15)13-21-17-8-6-14(7-9-17)10-11-20-2/h3-9,18H,10-13H2,1-2H3. The second-order valence-corrected chi connectivity index (χ2v) is 4.83. The second kappa shape index (κ2) is 8.39. The molecule has 112 valence electrons. The molecule has 2 aromatic rings. The van der Waals surface area contributed by atoms with Crippen LogP contribution in [-0.2, 0) is 24.3 Å². The molecular weight excluding hydrogens is 264 g/mol. The number of pyridine rings is 1. The van der Waals surface area contributed by atoms with Crippen molar-refractivity contribution in [1.29, 1.82) is 0 Å². The van der Waals surface area contributed by atoms with Gasteiger partial charge >= 0.3 is 0 Å². The summed E-state index contributed by atoms with van der Waals surface area (Å²) in [5, 5.41) is 3.09. The SMILES string of the molecule is CNCc1cccc(COc2ccc(CCOC)cc2)n1. The van der Waals surface area contributed by atoms with Gasteiger partial charge in [0.25, 0.3) is 0 Å². The molecule has 1 heterocycles. The highest BCUT2D eigenvalue weighted by Crippen LogP contribution is 2.14. The Bertz CT molecular complexity index is 541. The van der Waals surface area contributed by atoms with E-state index >= 15 is 0 Å². The highest BCUT2D eigenvalue weighted by molar-refractivity contribution is 5.27. The molecule has 0 saturated heterocycles. The molecule has 0 atom stereocenters. The third-order valence-corrected chi connectivity index (χ3v) is 3.13. The largest absolute Gasteiger partial charge is 0.487 e. The topological polar surface area (TPSA) is 43.4 Å². The molecule has 21 heavy (non-hydrogen) atoms. The van der Waals surface area contributed by atoms with E-state index in [0.717, 1.165) is 36.7 Å². The number of nitrogens with one attached hydrogen (secondary N) is 1. The Hall–Kier alpha value is -1.91. The summed E-state index contributed by atoms with van der Waals surface area (Å²) in [6.45, 7) is 1.99. The fourth-order valence-electron chi connectivity index (χ4n) is 2.02. The molecule has 0 aliphatic carbocycles. The maximum atomic E-state index is 5.77. The van der Waals surface area contributed by atoms with Gasteiger partial charge in [-0.25, -0.2) is 0 Å². The minimum absolute atomic E-state index is 0.481. The Balaban J connectivity index is 1.88. The van der Waals surface area contributed by atoms with Gasteiger partial charge in [-0.2, -0.15) is 0 Å². The van der Waals surface area contributed by atoms with Crippen molar-refractivity contribution in [2.24, 2.45) is 0 Å². The van der Waals surface area contributed by atoms with Gasteiger partial charge < -0.3 is 14.8 Å². The lowest BCUT2D eigenvalue weighted by molar-refractivity contribution is 0.202. The monoisotopic (exact) mass is 286 g/mol. The molecule has 2 rings (SSSR count). The van der Waals surface area contributed by atoms with Crippen LogP contribution < -0.4 is 10.1 Å².